The molecule has 0 aromatic carbocycles. The van der Waals surface area contributed by atoms with E-state index in [1.165, 1.54) is 6.33 Å². The zero-order valence-electron chi connectivity index (χ0n) is 11.4. The number of hydrogen-bond donors (Lipinski definition) is 2. The van der Waals surface area contributed by atoms with E-state index in [9.17, 15) is 4.79 Å². The van der Waals surface area contributed by atoms with Gasteiger partial charge < -0.3 is 10.8 Å². The number of fused-ring (bicyclic) bond motifs is 1. The molecule has 2 aromatic rings. The van der Waals surface area contributed by atoms with E-state index >= 15 is 0 Å². The van der Waals surface area contributed by atoms with Gasteiger partial charge in [-0.1, -0.05) is 6.42 Å². The maximum absolute atomic E-state index is 10.9. The van der Waals surface area contributed by atoms with Crippen molar-refractivity contribution in [1.29, 1.82) is 0 Å². The summed E-state index contributed by atoms with van der Waals surface area (Å²) in [7, 11) is 0. The van der Waals surface area contributed by atoms with E-state index in [2.05, 4.69) is 37.7 Å². The number of halogens is 1. The van der Waals surface area contributed by atoms with E-state index in [4.69, 9.17) is 10.8 Å². The Balaban J connectivity index is 1.93. The number of aliphatic carboxylic acids is 1. The van der Waals surface area contributed by atoms with Crippen molar-refractivity contribution in [2.24, 2.45) is 5.92 Å². The number of nitrogens with zero attached hydrogens (tertiary/aromatic N) is 4. The van der Waals surface area contributed by atoms with Gasteiger partial charge in [-0.25, -0.2) is 14.6 Å². The van der Waals surface area contributed by atoms with Crippen LogP contribution in [-0.4, -0.2) is 30.8 Å². The molecule has 1 fully saturated rings. The zero-order chi connectivity index (χ0) is 15.0. The quantitative estimate of drug-likeness (QED) is 0.764. The van der Waals surface area contributed by atoms with E-state index in [-0.39, 0.29) is 18.4 Å². The average Bonchev–Trinajstić information content (AvgIpc) is 2.77. The number of nitrogens with two attached hydrogens (primary N) is 1. The van der Waals surface area contributed by atoms with Gasteiger partial charge in [0, 0.05) is 6.42 Å². The minimum Gasteiger partial charge on any atom is -0.481 e. The van der Waals surface area contributed by atoms with E-state index in [0.29, 0.717) is 5.82 Å². The second kappa shape index (κ2) is 5.74. The van der Waals surface area contributed by atoms with Crippen LogP contribution in [0.4, 0.5) is 5.82 Å². The van der Waals surface area contributed by atoms with Gasteiger partial charge in [0.1, 0.15) is 15.8 Å². The molecule has 21 heavy (non-hydrogen) atoms. The Morgan fingerprint density at radius 2 is 2.29 bits per heavy atom. The molecule has 0 saturated heterocycles. The first-order valence-electron chi connectivity index (χ1n) is 6.92. The minimum atomic E-state index is -0.730. The predicted molar refractivity (Wildman–Crippen MR) is 85.7 cm³/mol. The van der Waals surface area contributed by atoms with Crippen molar-refractivity contribution in [2.75, 3.05) is 5.73 Å². The fraction of sp³-hybridized carbons (Fsp3) is 0.538. The van der Waals surface area contributed by atoms with Gasteiger partial charge in [0.25, 0.3) is 0 Å². The highest BCUT2D eigenvalue weighted by molar-refractivity contribution is 14.1. The molecule has 2 aromatic heterocycles. The number of carboxylic acid groups (broad SMARTS) is 1. The van der Waals surface area contributed by atoms with Crippen molar-refractivity contribution in [1.82, 2.24) is 19.7 Å². The van der Waals surface area contributed by atoms with E-state index < -0.39 is 5.97 Å². The fourth-order valence-corrected chi connectivity index (χ4v) is 3.87. The number of aromatic nitrogens is 4. The molecule has 0 aliphatic heterocycles. The van der Waals surface area contributed by atoms with Crippen LogP contribution in [0.3, 0.4) is 0 Å². The Labute approximate surface area is 135 Å². The first-order chi connectivity index (χ1) is 10.1. The highest BCUT2D eigenvalue weighted by Crippen LogP contribution is 2.36. The van der Waals surface area contributed by atoms with Crippen molar-refractivity contribution in [2.45, 2.75) is 38.1 Å². The number of rotatable bonds is 3. The second-order valence-corrected chi connectivity index (χ2v) is 6.50. The van der Waals surface area contributed by atoms with Crippen molar-refractivity contribution in [3.05, 3.63) is 10.0 Å². The number of anilines is 1. The summed E-state index contributed by atoms with van der Waals surface area (Å²) in [5, 5.41) is 14.3. The van der Waals surface area contributed by atoms with Gasteiger partial charge in [-0.05, 0) is 47.8 Å². The van der Waals surface area contributed by atoms with Gasteiger partial charge >= 0.3 is 5.97 Å². The molecular weight excluding hydrogens is 385 g/mol. The van der Waals surface area contributed by atoms with Crippen LogP contribution in [0, 0.1) is 9.62 Å². The summed E-state index contributed by atoms with van der Waals surface area (Å²) in [6.45, 7) is 0. The number of carbonyl (C=O) groups is 1. The Bertz CT molecular complexity index is 686. The van der Waals surface area contributed by atoms with Crippen molar-refractivity contribution in [3.63, 3.8) is 0 Å². The minimum absolute atomic E-state index is 0.184. The van der Waals surface area contributed by atoms with Crippen molar-refractivity contribution in [3.8, 4) is 0 Å². The fourth-order valence-electron chi connectivity index (χ4n) is 3.12. The van der Waals surface area contributed by atoms with Crippen LogP contribution in [0.1, 0.15) is 38.1 Å². The van der Waals surface area contributed by atoms with Crippen LogP contribution in [-0.2, 0) is 4.79 Å². The zero-order valence-corrected chi connectivity index (χ0v) is 13.5. The Morgan fingerprint density at radius 1 is 1.48 bits per heavy atom. The monoisotopic (exact) mass is 401 g/mol. The molecule has 1 aliphatic carbocycles. The Morgan fingerprint density at radius 3 is 3.05 bits per heavy atom. The van der Waals surface area contributed by atoms with E-state index in [1.54, 1.807) is 0 Å². The Kier molecular flexibility index (Phi) is 3.96. The van der Waals surface area contributed by atoms with Gasteiger partial charge in [0.05, 0.1) is 11.4 Å². The van der Waals surface area contributed by atoms with Gasteiger partial charge in [-0.3, -0.25) is 4.79 Å². The summed E-state index contributed by atoms with van der Waals surface area (Å²) >= 11 is 2.14. The molecule has 0 unspecified atom stereocenters. The van der Waals surface area contributed by atoms with Crippen LogP contribution in [0.25, 0.3) is 11.0 Å². The van der Waals surface area contributed by atoms with Crippen molar-refractivity contribution < 1.29 is 9.90 Å². The predicted octanol–water partition coefficient (Wildman–Crippen LogP) is 2.22. The lowest BCUT2D eigenvalue weighted by Crippen LogP contribution is -2.22. The molecule has 7 nitrogen and oxygen atoms in total. The smallest absolute Gasteiger partial charge is 0.303 e. The van der Waals surface area contributed by atoms with E-state index in [1.807, 2.05) is 4.68 Å². The maximum Gasteiger partial charge on any atom is 0.303 e. The largest absolute Gasteiger partial charge is 0.481 e. The van der Waals surface area contributed by atoms with Crippen molar-refractivity contribution >= 4 is 45.4 Å². The topological polar surface area (TPSA) is 107 Å². The summed E-state index contributed by atoms with van der Waals surface area (Å²) in [5.74, 6) is -0.0852. The van der Waals surface area contributed by atoms with Crippen LogP contribution >= 0.6 is 22.6 Å². The SMILES string of the molecule is Nc1ncnc2c1c(I)nn2[C@@H]1CCC[C@@H](CC(=O)O)C1. The van der Waals surface area contributed by atoms with Crippen LogP contribution in [0.2, 0.25) is 0 Å². The highest BCUT2D eigenvalue weighted by atomic mass is 127. The summed E-state index contributed by atoms with van der Waals surface area (Å²) in [4.78, 5) is 19.2. The standard InChI is InChI=1S/C13H16IN5O2/c14-11-10-12(15)16-6-17-13(10)19(18-11)8-3-1-2-7(4-8)5-9(20)21/h6-8H,1-5H2,(H,20,21)(H2,15,16,17)/t7-,8-/m1/s1. The molecular formula is C13H16IN5O2. The van der Waals surface area contributed by atoms with E-state index in [0.717, 1.165) is 40.4 Å². The van der Waals surface area contributed by atoms with Crippen LogP contribution < -0.4 is 5.73 Å². The van der Waals surface area contributed by atoms with Gasteiger partial charge in [0.2, 0.25) is 0 Å². The molecule has 1 aliphatic rings. The molecule has 0 bridgehead atoms. The van der Waals surface area contributed by atoms with Gasteiger partial charge in [-0.15, -0.1) is 0 Å². The summed E-state index contributed by atoms with van der Waals surface area (Å²) < 4.78 is 2.70. The lowest BCUT2D eigenvalue weighted by atomic mass is 9.84. The maximum atomic E-state index is 10.9. The molecule has 3 N–H and O–H groups in total. The third kappa shape index (κ3) is 2.81. The molecule has 3 rings (SSSR count). The molecule has 1 saturated carbocycles. The Hall–Kier alpha value is -1.45. The lowest BCUT2D eigenvalue weighted by molar-refractivity contribution is -0.138. The number of nitrogen functional groups attached to an aromatic ring is 1. The third-order valence-electron chi connectivity index (χ3n) is 4.04. The first kappa shape index (κ1) is 14.5. The highest BCUT2D eigenvalue weighted by Gasteiger charge is 2.28. The third-order valence-corrected chi connectivity index (χ3v) is 4.79. The van der Waals surface area contributed by atoms with Gasteiger partial charge in [0.15, 0.2) is 5.65 Å². The normalized spacial score (nSPS) is 22.5. The molecule has 0 radical (unpaired) electrons. The first-order valence-corrected chi connectivity index (χ1v) is 8.00. The lowest BCUT2D eigenvalue weighted by Gasteiger charge is -2.28. The molecule has 112 valence electrons. The van der Waals surface area contributed by atoms with Crippen LogP contribution in [0.5, 0.6) is 0 Å². The molecule has 2 atom stereocenters. The average molecular weight is 401 g/mol. The molecule has 0 amide bonds. The number of hydrogen-bond acceptors (Lipinski definition) is 5. The summed E-state index contributed by atoms with van der Waals surface area (Å²) in [6, 6.07) is 0.184. The number of carboxylic acids is 1. The molecule has 0 spiro atoms. The van der Waals surface area contributed by atoms with Crippen LogP contribution in [0.15, 0.2) is 6.33 Å². The molecule has 8 heteroatoms. The second-order valence-electron chi connectivity index (χ2n) is 5.48. The summed E-state index contributed by atoms with van der Waals surface area (Å²) in [5.41, 5.74) is 6.65. The summed E-state index contributed by atoms with van der Waals surface area (Å²) in [6.07, 6.45) is 5.47. The molecule has 2 heterocycles. The van der Waals surface area contributed by atoms with Gasteiger partial charge in [-0.2, -0.15) is 5.10 Å².